The first-order valence-corrected chi connectivity index (χ1v) is 6.94. The maximum atomic E-state index is 12.1. The lowest BCUT2D eigenvalue weighted by Gasteiger charge is -2.41. The van der Waals surface area contributed by atoms with E-state index >= 15 is 0 Å². The zero-order valence-corrected chi connectivity index (χ0v) is 11.2. The van der Waals surface area contributed by atoms with Crippen LogP contribution in [0.4, 0.5) is 4.79 Å². The standard InChI is InChI=1S/C15H18N2O3/c18-14-6-12-8-17(9-13(7-14)16-12)15(19)20-10-11-4-2-1-3-5-11/h1-5,12-13,16H,6-10H2. The molecule has 0 aromatic heterocycles. The largest absolute Gasteiger partial charge is 0.445 e. The summed E-state index contributed by atoms with van der Waals surface area (Å²) in [4.78, 5) is 25.3. The van der Waals surface area contributed by atoms with Gasteiger partial charge in [0.1, 0.15) is 12.4 Å². The van der Waals surface area contributed by atoms with Gasteiger partial charge < -0.3 is 15.0 Å². The molecule has 2 fully saturated rings. The van der Waals surface area contributed by atoms with Crippen molar-refractivity contribution < 1.29 is 14.3 Å². The van der Waals surface area contributed by atoms with Crippen LogP contribution in [0, 0.1) is 0 Å². The summed E-state index contributed by atoms with van der Waals surface area (Å²) < 4.78 is 5.33. The lowest BCUT2D eigenvalue weighted by molar-refractivity contribution is -0.122. The van der Waals surface area contributed by atoms with Gasteiger partial charge in [-0.15, -0.1) is 0 Å². The summed E-state index contributed by atoms with van der Waals surface area (Å²) in [7, 11) is 0. The number of rotatable bonds is 2. The molecule has 2 bridgehead atoms. The third-order valence-electron chi connectivity index (χ3n) is 3.76. The Morgan fingerprint density at radius 1 is 1.20 bits per heavy atom. The van der Waals surface area contributed by atoms with Gasteiger partial charge in [0, 0.05) is 38.0 Å². The zero-order chi connectivity index (χ0) is 13.9. The molecule has 2 aliphatic heterocycles. The predicted molar refractivity (Wildman–Crippen MR) is 73.2 cm³/mol. The number of ether oxygens (including phenoxy) is 1. The Morgan fingerprint density at radius 3 is 2.50 bits per heavy atom. The van der Waals surface area contributed by atoms with Crippen molar-refractivity contribution in [2.45, 2.75) is 31.5 Å². The van der Waals surface area contributed by atoms with E-state index in [0.717, 1.165) is 5.56 Å². The fourth-order valence-corrected chi connectivity index (χ4v) is 2.88. The van der Waals surface area contributed by atoms with Crippen LogP contribution in [0.1, 0.15) is 18.4 Å². The van der Waals surface area contributed by atoms with Crippen molar-refractivity contribution in [3.05, 3.63) is 35.9 Å². The molecule has 0 spiro atoms. The molecule has 106 valence electrons. The molecule has 2 heterocycles. The summed E-state index contributed by atoms with van der Waals surface area (Å²) in [6.07, 6.45) is 0.734. The van der Waals surface area contributed by atoms with Crippen molar-refractivity contribution in [3.63, 3.8) is 0 Å². The molecule has 0 radical (unpaired) electrons. The number of carbonyl (C=O) groups excluding carboxylic acids is 2. The van der Waals surface area contributed by atoms with E-state index in [2.05, 4.69) is 5.32 Å². The van der Waals surface area contributed by atoms with Crippen LogP contribution in [0.25, 0.3) is 0 Å². The second kappa shape index (κ2) is 5.63. The molecule has 5 heteroatoms. The maximum absolute atomic E-state index is 12.1. The fraction of sp³-hybridized carbons (Fsp3) is 0.467. The van der Waals surface area contributed by atoms with Gasteiger partial charge in [-0.2, -0.15) is 0 Å². The highest BCUT2D eigenvalue weighted by atomic mass is 16.6. The van der Waals surface area contributed by atoms with Crippen molar-refractivity contribution >= 4 is 11.9 Å². The van der Waals surface area contributed by atoms with Gasteiger partial charge in [-0.25, -0.2) is 4.79 Å². The van der Waals surface area contributed by atoms with Gasteiger partial charge in [0.15, 0.2) is 0 Å². The first kappa shape index (κ1) is 13.1. The molecule has 2 unspecified atom stereocenters. The first-order valence-electron chi connectivity index (χ1n) is 6.94. The van der Waals surface area contributed by atoms with E-state index in [1.54, 1.807) is 4.90 Å². The van der Waals surface area contributed by atoms with Gasteiger partial charge in [0.2, 0.25) is 0 Å². The molecular weight excluding hydrogens is 256 g/mol. The zero-order valence-electron chi connectivity index (χ0n) is 11.2. The highest BCUT2D eigenvalue weighted by Crippen LogP contribution is 2.18. The maximum Gasteiger partial charge on any atom is 0.410 e. The third kappa shape index (κ3) is 2.99. The Morgan fingerprint density at radius 2 is 1.85 bits per heavy atom. The van der Waals surface area contributed by atoms with Crippen molar-refractivity contribution in [2.24, 2.45) is 0 Å². The molecule has 0 aliphatic carbocycles. The second-order valence-corrected chi connectivity index (χ2v) is 5.45. The quantitative estimate of drug-likeness (QED) is 0.884. The van der Waals surface area contributed by atoms with Crippen molar-refractivity contribution in [2.75, 3.05) is 13.1 Å². The Bertz CT molecular complexity index is 487. The van der Waals surface area contributed by atoms with Crippen LogP contribution in [0.2, 0.25) is 0 Å². The second-order valence-electron chi connectivity index (χ2n) is 5.45. The van der Waals surface area contributed by atoms with Gasteiger partial charge in [-0.1, -0.05) is 30.3 Å². The molecule has 1 aromatic rings. The van der Waals surface area contributed by atoms with Crippen LogP contribution in [-0.4, -0.2) is 41.9 Å². The summed E-state index contributed by atoms with van der Waals surface area (Å²) in [5, 5.41) is 3.37. The van der Waals surface area contributed by atoms with E-state index in [9.17, 15) is 9.59 Å². The highest BCUT2D eigenvalue weighted by Gasteiger charge is 2.35. The van der Waals surface area contributed by atoms with Crippen LogP contribution < -0.4 is 5.32 Å². The minimum Gasteiger partial charge on any atom is -0.445 e. The lowest BCUT2D eigenvalue weighted by atomic mass is 9.93. The molecule has 2 saturated heterocycles. The smallest absolute Gasteiger partial charge is 0.410 e. The summed E-state index contributed by atoms with van der Waals surface area (Å²) in [6, 6.07) is 9.79. The molecule has 20 heavy (non-hydrogen) atoms. The van der Waals surface area contributed by atoms with Crippen LogP contribution >= 0.6 is 0 Å². The molecule has 3 rings (SSSR count). The van der Waals surface area contributed by atoms with E-state index < -0.39 is 0 Å². The Balaban J connectivity index is 1.54. The van der Waals surface area contributed by atoms with Crippen LogP contribution in [0.5, 0.6) is 0 Å². The SMILES string of the molecule is O=C1CC2CN(C(=O)OCc3ccccc3)CC(C1)N2. The summed E-state index contributed by atoms with van der Waals surface area (Å²) in [6.45, 7) is 1.39. The van der Waals surface area contributed by atoms with E-state index in [1.807, 2.05) is 30.3 Å². The number of likely N-dealkylation sites (tertiary alicyclic amines) is 1. The normalized spacial score (nSPS) is 25.4. The van der Waals surface area contributed by atoms with Gasteiger partial charge in [-0.3, -0.25) is 4.79 Å². The summed E-state index contributed by atoms with van der Waals surface area (Å²) in [5.74, 6) is 0.288. The number of fused-ring (bicyclic) bond motifs is 2. The molecular formula is C15H18N2O3. The summed E-state index contributed by atoms with van der Waals surface area (Å²) >= 11 is 0. The number of hydrogen-bond donors (Lipinski definition) is 1. The number of nitrogens with zero attached hydrogens (tertiary/aromatic N) is 1. The average Bonchev–Trinajstić information content (AvgIpc) is 2.44. The van der Waals surface area contributed by atoms with Gasteiger partial charge in [-0.05, 0) is 5.56 Å². The van der Waals surface area contributed by atoms with E-state index in [0.29, 0.717) is 25.9 Å². The Labute approximate surface area is 117 Å². The monoisotopic (exact) mass is 274 g/mol. The number of amides is 1. The van der Waals surface area contributed by atoms with E-state index in [1.165, 1.54) is 0 Å². The number of benzene rings is 1. The Kier molecular flexibility index (Phi) is 3.69. The van der Waals surface area contributed by atoms with Crippen LogP contribution in [-0.2, 0) is 16.1 Å². The molecule has 5 nitrogen and oxygen atoms in total. The number of Topliss-reactive ketones (excluding diaryl/α,β-unsaturated/α-hetero) is 1. The van der Waals surface area contributed by atoms with Gasteiger partial charge in [0.25, 0.3) is 0 Å². The van der Waals surface area contributed by atoms with Gasteiger partial charge >= 0.3 is 6.09 Å². The van der Waals surface area contributed by atoms with Crippen molar-refractivity contribution in [1.29, 1.82) is 0 Å². The van der Waals surface area contributed by atoms with Crippen LogP contribution in [0.15, 0.2) is 30.3 Å². The first-order chi connectivity index (χ1) is 9.70. The number of piperidine rings is 1. The highest BCUT2D eigenvalue weighted by molar-refractivity contribution is 5.81. The lowest BCUT2D eigenvalue weighted by Crippen LogP contribution is -2.61. The number of carbonyl (C=O) groups is 2. The number of ketones is 1. The van der Waals surface area contributed by atoms with Crippen molar-refractivity contribution in [3.8, 4) is 0 Å². The fourth-order valence-electron chi connectivity index (χ4n) is 2.88. The van der Waals surface area contributed by atoms with Crippen molar-refractivity contribution in [1.82, 2.24) is 10.2 Å². The van der Waals surface area contributed by atoms with Crippen LogP contribution in [0.3, 0.4) is 0 Å². The Hall–Kier alpha value is -1.88. The molecule has 2 atom stereocenters. The minimum absolute atomic E-state index is 0.0827. The topological polar surface area (TPSA) is 58.6 Å². The van der Waals surface area contributed by atoms with E-state index in [-0.39, 0.29) is 30.6 Å². The number of piperazine rings is 1. The van der Waals surface area contributed by atoms with Gasteiger partial charge in [0.05, 0.1) is 0 Å². The molecule has 2 aliphatic rings. The molecule has 0 saturated carbocycles. The number of hydrogen-bond acceptors (Lipinski definition) is 4. The molecule has 1 amide bonds. The minimum atomic E-state index is -0.292. The predicted octanol–water partition coefficient (Wildman–Crippen LogP) is 1.33. The molecule has 1 N–H and O–H groups in total. The van der Waals surface area contributed by atoms with E-state index in [4.69, 9.17) is 4.74 Å². The molecule has 1 aromatic carbocycles. The number of nitrogens with one attached hydrogen (secondary N) is 1. The summed E-state index contributed by atoms with van der Waals surface area (Å²) in [5.41, 5.74) is 0.978. The third-order valence-corrected chi connectivity index (χ3v) is 3.76. The average molecular weight is 274 g/mol.